The molecule has 0 N–H and O–H groups in total. The van der Waals surface area contributed by atoms with Gasteiger partial charge in [0.15, 0.2) is 0 Å². The smallest absolute Gasteiger partial charge is 0.254 e. The highest BCUT2D eigenvalue weighted by molar-refractivity contribution is 6.19. The molecule has 2 aliphatic heterocycles. The monoisotopic (exact) mass is 396 g/mol. The van der Waals surface area contributed by atoms with Gasteiger partial charge in [-0.15, -0.1) is 0 Å². The molecular formula is C26H21FN2O. The molecule has 0 bridgehead atoms. The van der Waals surface area contributed by atoms with Crippen molar-refractivity contribution in [1.29, 1.82) is 0 Å². The fourth-order valence-corrected chi connectivity index (χ4v) is 4.16. The first kappa shape index (κ1) is 18.5. The molecule has 2 aliphatic rings. The number of amides is 1. The number of nitrogens with zero attached hydrogens (tertiary/aromatic N) is 2. The fourth-order valence-electron chi connectivity index (χ4n) is 4.16. The summed E-state index contributed by atoms with van der Waals surface area (Å²) >= 11 is 0. The van der Waals surface area contributed by atoms with Crippen LogP contribution in [0.3, 0.4) is 0 Å². The van der Waals surface area contributed by atoms with Crippen LogP contribution in [0.1, 0.15) is 32.6 Å². The summed E-state index contributed by atoms with van der Waals surface area (Å²) in [6.07, 6.45) is 2.88. The number of halogens is 1. The van der Waals surface area contributed by atoms with Gasteiger partial charge < -0.3 is 4.90 Å². The van der Waals surface area contributed by atoms with Crippen molar-refractivity contribution in [2.24, 2.45) is 4.99 Å². The first-order valence-corrected chi connectivity index (χ1v) is 10.2. The molecule has 0 spiro atoms. The molecule has 0 aliphatic carbocycles. The highest BCUT2D eigenvalue weighted by Gasteiger charge is 2.25. The number of aliphatic imine (C=N–C) groups is 1. The van der Waals surface area contributed by atoms with Gasteiger partial charge in [-0.25, -0.2) is 4.39 Å². The number of carbonyl (C=O) groups excluding carboxylic acids is 1. The quantitative estimate of drug-likeness (QED) is 0.619. The molecule has 3 aromatic carbocycles. The minimum Gasteiger partial charge on any atom is -0.334 e. The maximum absolute atomic E-state index is 13.4. The van der Waals surface area contributed by atoms with Gasteiger partial charge in [0.05, 0.1) is 12.3 Å². The number of rotatable bonds is 3. The Labute approximate surface area is 175 Å². The zero-order chi connectivity index (χ0) is 20.5. The normalized spacial score (nSPS) is 15.4. The molecule has 5 rings (SSSR count). The maximum atomic E-state index is 13.4. The summed E-state index contributed by atoms with van der Waals surface area (Å²) in [7, 11) is 0. The van der Waals surface area contributed by atoms with Crippen LogP contribution in [-0.4, -0.2) is 29.6 Å². The van der Waals surface area contributed by atoms with Gasteiger partial charge in [0.1, 0.15) is 5.82 Å². The largest absolute Gasteiger partial charge is 0.334 e. The molecule has 3 nitrogen and oxygen atoms in total. The van der Waals surface area contributed by atoms with Crippen LogP contribution in [0.25, 0.3) is 5.57 Å². The first-order valence-electron chi connectivity index (χ1n) is 10.2. The lowest BCUT2D eigenvalue weighted by Crippen LogP contribution is -2.36. The molecule has 4 heteroatoms. The maximum Gasteiger partial charge on any atom is 0.254 e. The third-order valence-electron chi connectivity index (χ3n) is 5.80. The Balaban J connectivity index is 1.42. The average Bonchev–Trinajstić information content (AvgIpc) is 3.29. The molecule has 30 heavy (non-hydrogen) atoms. The zero-order valence-electron chi connectivity index (χ0n) is 16.5. The molecule has 0 radical (unpaired) electrons. The van der Waals surface area contributed by atoms with Crippen LogP contribution >= 0.6 is 0 Å². The standard InChI is InChI=1S/C26H21FN2O/c27-22-11-9-19(10-12-22)21-15-25(28-16-21)23-7-3-4-8-24(23)26(30)29-14-13-18-5-1-2-6-20(18)17-29/h1-12,15H,13-14,16-17H2. The van der Waals surface area contributed by atoms with Gasteiger partial charge in [0, 0.05) is 24.2 Å². The molecule has 2 heterocycles. The van der Waals surface area contributed by atoms with Crippen molar-refractivity contribution in [3.8, 4) is 0 Å². The summed E-state index contributed by atoms with van der Waals surface area (Å²) in [6.45, 7) is 1.88. The van der Waals surface area contributed by atoms with Crippen LogP contribution in [0.5, 0.6) is 0 Å². The SMILES string of the molecule is O=C(c1ccccc1C1=NCC(c2ccc(F)cc2)=C1)N1CCc2ccccc2C1. The summed E-state index contributed by atoms with van der Waals surface area (Å²) in [5, 5.41) is 0. The van der Waals surface area contributed by atoms with Gasteiger partial charge in [-0.2, -0.15) is 0 Å². The third kappa shape index (κ3) is 3.45. The number of fused-ring (bicyclic) bond motifs is 1. The summed E-state index contributed by atoms with van der Waals surface area (Å²) < 4.78 is 13.2. The van der Waals surface area contributed by atoms with E-state index in [2.05, 4.69) is 23.2 Å². The molecule has 0 atom stereocenters. The van der Waals surface area contributed by atoms with E-state index in [1.807, 2.05) is 41.3 Å². The summed E-state index contributed by atoms with van der Waals surface area (Å²) in [5.41, 5.74) is 6.83. The fraction of sp³-hybridized carbons (Fsp3) is 0.154. The highest BCUT2D eigenvalue weighted by atomic mass is 19.1. The molecule has 0 aromatic heterocycles. The van der Waals surface area contributed by atoms with Gasteiger partial charge in [0.25, 0.3) is 5.91 Å². The van der Waals surface area contributed by atoms with E-state index in [-0.39, 0.29) is 11.7 Å². The van der Waals surface area contributed by atoms with Crippen LogP contribution in [0.15, 0.2) is 83.9 Å². The first-order chi connectivity index (χ1) is 14.7. The summed E-state index contributed by atoms with van der Waals surface area (Å²) in [6, 6.07) is 22.4. The molecule has 148 valence electrons. The topological polar surface area (TPSA) is 32.7 Å². The molecule has 3 aromatic rings. The van der Waals surface area contributed by atoms with Gasteiger partial charge in [-0.05, 0) is 53.0 Å². The van der Waals surface area contributed by atoms with Crippen molar-refractivity contribution in [3.05, 3.63) is 113 Å². The van der Waals surface area contributed by atoms with Crippen molar-refractivity contribution in [1.82, 2.24) is 4.90 Å². The van der Waals surface area contributed by atoms with Crippen molar-refractivity contribution < 1.29 is 9.18 Å². The van der Waals surface area contributed by atoms with E-state index in [4.69, 9.17) is 0 Å². The Morgan fingerprint density at radius 3 is 2.47 bits per heavy atom. The summed E-state index contributed by atoms with van der Waals surface area (Å²) in [5.74, 6) is -0.219. The lowest BCUT2D eigenvalue weighted by Gasteiger charge is -2.29. The number of carbonyl (C=O) groups is 1. The highest BCUT2D eigenvalue weighted by Crippen LogP contribution is 2.26. The van der Waals surface area contributed by atoms with Crippen molar-refractivity contribution >= 4 is 17.2 Å². The van der Waals surface area contributed by atoms with E-state index in [0.29, 0.717) is 25.2 Å². The predicted molar refractivity (Wildman–Crippen MR) is 117 cm³/mol. The van der Waals surface area contributed by atoms with Crippen molar-refractivity contribution in [2.75, 3.05) is 13.1 Å². The minimum atomic E-state index is -0.252. The van der Waals surface area contributed by atoms with E-state index >= 15 is 0 Å². The van der Waals surface area contributed by atoms with E-state index in [0.717, 1.165) is 28.8 Å². The van der Waals surface area contributed by atoms with E-state index in [1.54, 1.807) is 12.1 Å². The number of hydrogen-bond donors (Lipinski definition) is 0. The van der Waals surface area contributed by atoms with Crippen LogP contribution in [0.4, 0.5) is 4.39 Å². The molecule has 0 unspecified atom stereocenters. The van der Waals surface area contributed by atoms with Gasteiger partial charge in [-0.1, -0.05) is 54.6 Å². The van der Waals surface area contributed by atoms with Crippen molar-refractivity contribution in [3.63, 3.8) is 0 Å². The molecular weight excluding hydrogens is 375 g/mol. The second kappa shape index (κ2) is 7.71. The average molecular weight is 396 g/mol. The number of hydrogen-bond acceptors (Lipinski definition) is 2. The third-order valence-corrected chi connectivity index (χ3v) is 5.80. The van der Waals surface area contributed by atoms with Crippen LogP contribution < -0.4 is 0 Å². The molecule has 1 amide bonds. The molecule has 0 fully saturated rings. The second-order valence-corrected chi connectivity index (χ2v) is 7.67. The zero-order valence-corrected chi connectivity index (χ0v) is 16.5. The lowest BCUT2D eigenvalue weighted by atomic mass is 9.97. The summed E-state index contributed by atoms with van der Waals surface area (Å²) in [4.78, 5) is 20.0. The Kier molecular flexibility index (Phi) is 4.75. The second-order valence-electron chi connectivity index (χ2n) is 7.67. The predicted octanol–water partition coefficient (Wildman–Crippen LogP) is 4.91. The van der Waals surface area contributed by atoms with E-state index in [1.165, 1.54) is 23.3 Å². The van der Waals surface area contributed by atoms with Crippen LogP contribution in [-0.2, 0) is 13.0 Å². The van der Waals surface area contributed by atoms with Crippen LogP contribution in [0, 0.1) is 5.82 Å². The Morgan fingerprint density at radius 1 is 0.900 bits per heavy atom. The number of benzene rings is 3. The van der Waals surface area contributed by atoms with E-state index < -0.39 is 0 Å². The Bertz CT molecular complexity index is 1180. The molecule has 0 saturated heterocycles. The van der Waals surface area contributed by atoms with Crippen LogP contribution in [0.2, 0.25) is 0 Å². The Hall–Kier alpha value is -3.53. The van der Waals surface area contributed by atoms with E-state index in [9.17, 15) is 9.18 Å². The van der Waals surface area contributed by atoms with Gasteiger partial charge in [0.2, 0.25) is 0 Å². The van der Waals surface area contributed by atoms with Gasteiger partial charge in [-0.3, -0.25) is 9.79 Å². The van der Waals surface area contributed by atoms with Crippen molar-refractivity contribution in [2.45, 2.75) is 13.0 Å². The minimum absolute atomic E-state index is 0.0337. The molecule has 0 saturated carbocycles. The van der Waals surface area contributed by atoms with Gasteiger partial charge >= 0.3 is 0 Å². The lowest BCUT2D eigenvalue weighted by molar-refractivity contribution is 0.0734. The number of allylic oxidation sites excluding steroid dienone is 1. The Morgan fingerprint density at radius 2 is 1.63 bits per heavy atom.